The molecule has 0 aromatic rings. The van der Waals surface area contributed by atoms with E-state index in [0.29, 0.717) is 6.61 Å². The van der Waals surface area contributed by atoms with Crippen molar-refractivity contribution in [1.82, 2.24) is 5.48 Å². The quantitative estimate of drug-likeness (QED) is 0.304. The highest BCUT2D eigenvalue weighted by atomic mass is 16.6. The van der Waals surface area contributed by atoms with E-state index in [4.69, 9.17) is 0 Å². The lowest BCUT2D eigenvalue weighted by Gasteiger charge is -1.90. The summed E-state index contributed by atoms with van der Waals surface area (Å²) in [7, 11) is 1.71. The van der Waals surface area contributed by atoms with Gasteiger partial charge in [0.05, 0.1) is 6.61 Å². The van der Waals surface area contributed by atoms with Gasteiger partial charge in [-0.2, -0.15) is 0 Å². The molecule has 0 spiro atoms. The Bertz CT molecular complexity index is 36.5. The molecule has 2 heteroatoms. The van der Waals surface area contributed by atoms with Crippen molar-refractivity contribution in [2.75, 3.05) is 13.7 Å². The maximum absolute atomic E-state index is 4.61. The van der Waals surface area contributed by atoms with E-state index in [9.17, 15) is 0 Å². The minimum absolute atomic E-state index is 0.566. The maximum atomic E-state index is 4.61. The zero-order valence-corrected chi connectivity index (χ0v) is 3.90. The monoisotopic (exact) mass is 87.1 g/mol. The second-order valence-electron chi connectivity index (χ2n) is 0.804. The molecule has 0 aromatic carbocycles. The van der Waals surface area contributed by atoms with Crippen LogP contribution in [0.5, 0.6) is 0 Å². The average molecular weight is 87.1 g/mol. The van der Waals surface area contributed by atoms with Gasteiger partial charge in [-0.1, -0.05) is 6.08 Å². The van der Waals surface area contributed by atoms with E-state index >= 15 is 0 Å². The Morgan fingerprint density at radius 3 is 2.83 bits per heavy atom. The molecule has 0 aliphatic heterocycles. The zero-order valence-electron chi connectivity index (χ0n) is 3.90. The fourth-order valence-electron chi connectivity index (χ4n) is 0.142. The molecule has 0 fully saturated rings. The highest BCUT2D eigenvalue weighted by Gasteiger charge is 1.66. The topological polar surface area (TPSA) is 21.3 Å². The van der Waals surface area contributed by atoms with Crippen LogP contribution < -0.4 is 5.48 Å². The Morgan fingerprint density at radius 1 is 2.00 bits per heavy atom. The normalized spacial score (nSPS) is 8.17. The van der Waals surface area contributed by atoms with Crippen LogP contribution in [0.3, 0.4) is 0 Å². The number of rotatable bonds is 3. The molecule has 0 amide bonds. The lowest BCUT2D eigenvalue weighted by Crippen LogP contribution is -2.05. The first-order valence-corrected chi connectivity index (χ1v) is 1.81. The van der Waals surface area contributed by atoms with Crippen molar-refractivity contribution in [3.05, 3.63) is 12.7 Å². The van der Waals surface area contributed by atoms with Gasteiger partial charge in [0.1, 0.15) is 0 Å². The van der Waals surface area contributed by atoms with Crippen molar-refractivity contribution in [2.45, 2.75) is 0 Å². The van der Waals surface area contributed by atoms with Crippen molar-refractivity contribution in [3.63, 3.8) is 0 Å². The van der Waals surface area contributed by atoms with Gasteiger partial charge in [-0.3, -0.25) is 4.84 Å². The van der Waals surface area contributed by atoms with E-state index < -0.39 is 0 Å². The summed E-state index contributed by atoms with van der Waals surface area (Å²) in [5, 5.41) is 0. The summed E-state index contributed by atoms with van der Waals surface area (Å²) in [4.78, 5) is 4.61. The Labute approximate surface area is 37.8 Å². The highest BCUT2D eigenvalue weighted by Crippen LogP contribution is 1.61. The van der Waals surface area contributed by atoms with E-state index in [0.717, 1.165) is 0 Å². The summed E-state index contributed by atoms with van der Waals surface area (Å²) in [6.45, 7) is 4.00. The minimum atomic E-state index is 0.566. The van der Waals surface area contributed by atoms with Crippen molar-refractivity contribution in [1.29, 1.82) is 0 Å². The molecule has 1 N–H and O–H groups in total. The second-order valence-corrected chi connectivity index (χ2v) is 0.804. The van der Waals surface area contributed by atoms with E-state index in [-0.39, 0.29) is 0 Å². The molecular weight excluding hydrogens is 78.0 g/mol. The first kappa shape index (κ1) is 5.66. The molecule has 6 heavy (non-hydrogen) atoms. The fourth-order valence-corrected chi connectivity index (χ4v) is 0.142. The molecule has 0 saturated heterocycles. The summed E-state index contributed by atoms with van der Waals surface area (Å²) >= 11 is 0. The molecule has 2 nitrogen and oxygen atoms in total. The summed E-state index contributed by atoms with van der Waals surface area (Å²) in [6, 6.07) is 0. The Hall–Kier alpha value is -0.340. The SMILES string of the molecule is C=CCONC. The highest BCUT2D eigenvalue weighted by molar-refractivity contribution is 4.62. The molecule has 0 aliphatic rings. The van der Waals surface area contributed by atoms with Crippen LogP contribution in [-0.2, 0) is 4.84 Å². The first-order chi connectivity index (χ1) is 2.91. The van der Waals surface area contributed by atoms with Gasteiger partial charge in [0, 0.05) is 7.05 Å². The molecule has 0 aliphatic carbocycles. The third kappa shape index (κ3) is 3.66. The molecule has 0 atom stereocenters. The van der Waals surface area contributed by atoms with Gasteiger partial charge < -0.3 is 0 Å². The fraction of sp³-hybridized carbons (Fsp3) is 0.500. The predicted octanol–water partition coefficient (Wildman–Crippen LogP) is 0.323. The van der Waals surface area contributed by atoms with Gasteiger partial charge in [0.25, 0.3) is 0 Å². The van der Waals surface area contributed by atoms with Gasteiger partial charge in [-0.15, -0.1) is 6.58 Å². The standard InChI is InChI=1S/C4H9NO/c1-3-4-6-5-2/h3,5H,1,4H2,2H3. The zero-order chi connectivity index (χ0) is 4.83. The third-order valence-electron chi connectivity index (χ3n) is 0.346. The number of nitrogens with one attached hydrogen (secondary N) is 1. The summed E-state index contributed by atoms with van der Waals surface area (Å²) in [6.07, 6.45) is 1.68. The largest absolute Gasteiger partial charge is 0.298 e. The van der Waals surface area contributed by atoms with Gasteiger partial charge in [-0.05, 0) is 0 Å². The second kappa shape index (κ2) is 4.66. The van der Waals surface area contributed by atoms with Crippen LogP contribution in [0.15, 0.2) is 12.7 Å². The van der Waals surface area contributed by atoms with Gasteiger partial charge in [0.2, 0.25) is 0 Å². The van der Waals surface area contributed by atoms with Gasteiger partial charge in [0.15, 0.2) is 0 Å². The lowest BCUT2D eigenvalue weighted by molar-refractivity contribution is 0.0812. The van der Waals surface area contributed by atoms with E-state index in [2.05, 4.69) is 16.9 Å². The Morgan fingerprint density at radius 2 is 2.67 bits per heavy atom. The molecule has 0 radical (unpaired) electrons. The predicted molar refractivity (Wildman–Crippen MR) is 25.2 cm³/mol. The smallest absolute Gasteiger partial charge is 0.0860 e. The van der Waals surface area contributed by atoms with Gasteiger partial charge in [-0.25, -0.2) is 5.48 Å². The van der Waals surface area contributed by atoms with Crippen molar-refractivity contribution < 1.29 is 4.84 Å². The van der Waals surface area contributed by atoms with E-state index in [1.165, 1.54) is 0 Å². The molecular formula is C4H9NO. The maximum Gasteiger partial charge on any atom is 0.0860 e. The van der Waals surface area contributed by atoms with E-state index in [1.54, 1.807) is 13.1 Å². The molecule has 0 aromatic heterocycles. The number of hydroxylamine groups is 1. The average Bonchev–Trinajstić information content (AvgIpc) is 1.61. The van der Waals surface area contributed by atoms with Crippen LogP contribution >= 0.6 is 0 Å². The number of hydrogen-bond acceptors (Lipinski definition) is 2. The first-order valence-electron chi connectivity index (χ1n) is 1.81. The van der Waals surface area contributed by atoms with Crippen LogP contribution in [0.25, 0.3) is 0 Å². The van der Waals surface area contributed by atoms with Gasteiger partial charge >= 0.3 is 0 Å². The van der Waals surface area contributed by atoms with Crippen molar-refractivity contribution in [3.8, 4) is 0 Å². The Balaban J connectivity index is 2.49. The van der Waals surface area contributed by atoms with Crippen LogP contribution in [0, 0.1) is 0 Å². The summed E-state index contributed by atoms with van der Waals surface area (Å²) in [5.41, 5.74) is 2.50. The van der Waals surface area contributed by atoms with Crippen LogP contribution in [0.1, 0.15) is 0 Å². The summed E-state index contributed by atoms with van der Waals surface area (Å²) in [5.74, 6) is 0. The molecule has 0 heterocycles. The molecule has 0 rings (SSSR count). The van der Waals surface area contributed by atoms with Crippen molar-refractivity contribution in [2.24, 2.45) is 0 Å². The lowest BCUT2D eigenvalue weighted by atomic mass is 10.7. The van der Waals surface area contributed by atoms with Crippen LogP contribution in [0.2, 0.25) is 0 Å². The molecule has 0 bridgehead atoms. The molecule has 0 unspecified atom stereocenters. The summed E-state index contributed by atoms with van der Waals surface area (Å²) < 4.78 is 0. The van der Waals surface area contributed by atoms with E-state index in [1.807, 2.05) is 0 Å². The number of hydrogen-bond donors (Lipinski definition) is 1. The minimum Gasteiger partial charge on any atom is -0.298 e. The Kier molecular flexibility index (Phi) is 4.40. The van der Waals surface area contributed by atoms with Crippen molar-refractivity contribution >= 4 is 0 Å². The molecule has 0 saturated carbocycles. The van der Waals surface area contributed by atoms with Crippen LogP contribution in [0.4, 0.5) is 0 Å². The molecule has 36 valence electrons. The van der Waals surface area contributed by atoms with Crippen LogP contribution in [-0.4, -0.2) is 13.7 Å². The third-order valence-corrected chi connectivity index (χ3v) is 0.346.